The number of hydrogen-bond acceptors (Lipinski definition) is 2. The van der Waals surface area contributed by atoms with Crippen LogP contribution in [-0.2, 0) is 0 Å². The summed E-state index contributed by atoms with van der Waals surface area (Å²) >= 11 is 6.06. The molecule has 0 saturated carbocycles. The van der Waals surface area contributed by atoms with Crippen LogP contribution in [0.4, 0.5) is 0 Å². The molecule has 3 heterocycles. The van der Waals surface area contributed by atoms with Gasteiger partial charge in [-0.05, 0) is 49.2 Å². The number of rotatable bonds is 2. The summed E-state index contributed by atoms with van der Waals surface area (Å²) in [6, 6.07) is 13.5. The van der Waals surface area contributed by atoms with Crippen molar-refractivity contribution >= 4 is 28.4 Å². The SMILES string of the molecule is O=C(c1ccccn1)N1CCC(c2cc3cc(Cl)ccc3[nH]2)CC1. The number of piperidine rings is 1. The van der Waals surface area contributed by atoms with Gasteiger partial charge in [-0.2, -0.15) is 0 Å². The van der Waals surface area contributed by atoms with Crippen molar-refractivity contribution in [2.45, 2.75) is 18.8 Å². The minimum absolute atomic E-state index is 0.0254. The number of likely N-dealkylation sites (tertiary alicyclic amines) is 1. The first-order chi connectivity index (χ1) is 11.7. The lowest BCUT2D eigenvalue weighted by Gasteiger charge is -2.31. The summed E-state index contributed by atoms with van der Waals surface area (Å²) in [6.45, 7) is 1.52. The number of hydrogen-bond donors (Lipinski definition) is 1. The largest absolute Gasteiger partial charge is 0.358 e. The van der Waals surface area contributed by atoms with Gasteiger partial charge in [-0.1, -0.05) is 17.7 Å². The van der Waals surface area contributed by atoms with Gasteiger partial charge >= 0.3 is 0 Å². The maximum Gasteiger partial charge on any atom is 0.272 e. The second kappa shape index (κ2) is 6.29. The highest BCUT2D eigenvalue weighted by molar-refractivity contribution is 6.31. The van der Waals surface area contributed by atoms with E-state index in [1.54, 1.807) is 12.3 Å². The second-order valence-corrected chi connectivity index (χ2v) is 6.67. The Hall–Kier alpha value is -2.33. The first-order valence-electron chi connectivity index (χ1n) is 8.19. The Balaban J connectivity index is 1.46. The summed E-state index contributed by atoms with van der Waals surface area (Å²) in [5, 5.41) is 1.90. The molecular formula is C19H18ClN3O. The van der Waals surface area contributed by atoms with Gasteiger partial charge in [0, 0.05) is 46.8 Å². The van der Waals surface area contributed by atoms with Gasteiger partial charge in [-0.15, -0.1) is 0 Å². The van der Waals surface area contributed by atoms with Gasteiger partial charge in [-0.25, -0.2) is 0 Å². The highest BCUT2D eigenvalue weighted by atomic mass is 35.5. The topological polar surface area (TPSA) is 49.0 Å². The van der Waals surface area contributed by atoms with E-state index in [1.165, 1.54) is 5.69 Å². The highest BCUT2D eigenvalue weighted by Crippen LogP contribution is 2.31. The van der Waals surface area contributed by atoms with Crippen LogP contribution in [0.15, 0.2) is 48.7 Å². The van der Waals surface area contributed by atoms with Crippen molar-refractivity contribution in [3.05, 3.63) is 65.1 Å². The van der Waals surface area contributed by atoms with Gasteiger partial charge in [0.15, 0.2) is 0 Å². The number of nitrogens with zero attached hydrogens (tertiary/aromatic N) is 2. The molecular weight excluding hydrogens is 322 g/mol. The van der Waals surface area contributed by atoms with Crippen LogP contribution in [0, 0.1) is 0 Å². The molecule has 2 aromatic heterocycles. The molecule has 24 heavy (non-hydrogen) atoms. The number of aromatic nitrogens is 2. The molecule has 3 aromatic rings. The molecule has 0 radical (unpaired) electrons. The van der Waals surface area contributed by atoms with Gasteiger partial charge in [0.1, 0.15) is 5.69 Å². The van der Waals surface area contributed by atoms with Gasteiger partial charge in [0.2, 0.25) is 0 Å². The maximum absolute atomic E-state index is 12.5. The molecule has 1 aliphatic rings. The number of benzene rings is 1. The fraction of sp³-hybridized carbons (Fsp3) is 0.263. The summed E-state index contributed by atoms with van der Waals surface area (Å²) < 4.78 is 0. The lowest BCUT2D eigenvalue weighted by Crippen LogP contribution is -2.38. The van der Waals surface area contributed by atoms with Crippen molar-refractivity contribution in [1.29, 1.82) is 0 Å². The molecule has 4 rings (SSSR count). The van der Waals surface area contributed by atoms with Crippen LogP contribution in [0.25, 0.3) is 10.9 Å². The number of carbonyl (C=O) groups is 1. The molecule has 1 N–H and O–H groups in total. The van der Waals surface area contributed by atoms with Gasteiger partial charge in [0.05, 0.1) is 0 Å². The van der Waals surface area contributed by atoms with Crippen molar-refractivity contribution in [1.82, 2.24) is 14.9 Å². The third kappa shape index (κ3) is 2.89. The van der Waals surface area contributed by atoms with Crippen LogP contribution in [0.2, 0.25) is 5.02 Å². The molecule has 5 heteroatoms. The highest BCUT2D eigenvalue weighted by Gasteiger charge is 2.25. The molecule has 1 amide bonds. The Labute approximate surface area is 145 Å². The van der Waals surface area contributed by atoms with Gasteiger partial charge < -0.3 is 9.88 Å². The van der Waals surface area contributed by atoms with Crippen LogP contribution in [0.1, 0.15) is 34.9 Å². The van der Waals surface area contributed by atoms with E-state index in [9.17, 15) is 4.79 Å². The van der Waals surface area contributed by atoms with E-state index in [0.29, 0.717) is 11.6 Å². The average molecular weight is 340 g/mol. The van der Waals surface area contributed by atoms with E-state index in [1.807, 2.05) is 35.2 Å². The zero-order chi connectivity index (χ0) is 16.5. The third-order valence-electron chi connectivity index (χ3n) is 4.71. The zero-order valence-electron chi connectivity index (χ0n) is 13.2. The number of carbonyl (C=O) groups excluding carboxylic acids is 1. The predicted molar refractivity (Wildman–Crippen MR) is 95.4 cm³/mol. The number of pyridine rings is 1. The van der Waals surface area contributed by atoms with Crippen molar-refractivity contribution in [3.8, 4) is 0 Å². The fourth-order valence-corrected chi connectivity index (χ4v) is 3.57. The lowest BCUT2D eigenvalue weighted by molar-refractivity contribution is 0.0706. The number of amides is 1. The average Bonchev–Trinajstić information content (AvgIpc) is 3.05. The van der Waals surface area contributed by atoms with E-state index in [2.05, 4.69) is 16.0 Å². The summed E-state index contributed by atoms with van der Waals surface area (Å²) in [5.74, 6) is 0.474. The number of fused-ring (bicyclic) bond motifs is 1. The Kier molecular flexibility index (Phi) is 3.98. The van der Waals surface area contributed by atoms with E-state index in [-0.39, 0.29) is 5.91 Å². The van der Waals surface area contributed by atoms with Gasteiger partial charge in [-0.3, -0.25) is 9.78 Å². The summed E-state index contributed by atoms with van der Waals surface area (Å²) in [5.41, 5.74) is 2.87. The molecule has 1 aromatic carbocycles. The summed E-state index contributed by atoms with van der Waals surface area (Å²) in [6.07, 6.45) is 3.58. The Morgan fingerprint density at radius 3 is 2.75 bits per heavy atom. The number of halogens is 1. The molecule has 0 bridgehead atoms. The second-order valence-electron chi connectivity index (χ2n) is 6.24. The molecule has 0 unspecified atom stereocenters. The molecule has 1 fully saturated rings. The van der Waals surface area contributed by atoms with Crippen molar-refractivity contribution in [2.75, 3.05) is 13.1 Å². The van der Waals surface area contributed by atoms with E-state index < -0.39 is 0 Å². The minimum atomic E-state index is 0.0254. The Morgan fingerprint density at radius 2 is 2.00 bits per heavy atom. The van der Waals surface area contributed by atoms with Crippen LogP contribution in [0.3, 0.4) is 0 Å². The molecule has 0 aliphatic carbocycles. The molecule has 122 valence electrons. The van der Waals surface area contributed by atoms with Gasteiger partial charge in [0.25, 0.3) is 5.91 Å². The first-order valence-corrected chi connectivity index (χ1v) is 8.57. The standard InChI is InChI=1S/C19H18ClN3O/c20-15-4-5-16-14(11-15)12-18(22-16)13-6-9-23(10-7-13)19(24)17-3-1-2-8-21-17/h1-5,8,11-13,22H,6-7,9-10H2. The molecule has 4 nitrogen and oxygen atoms in total. The number of aromatic amines is 1. The zero-order valence-corrected chi connectivity index (χ0v) is 14.0. The molecule has 0 spiro atoms. The smallest absolute Gasteiger partial charge is 0.272 e. The molecule has 1 aliphatic heterocycles. The lowest BCUT2D eigenvalue weighted by atomic mass is 9.93. The summed E-state index contributed by atoms with van der Waals surface area (Å²) in [4.78, 5) is 22.0. The van der Waals surface area contributed by atoms with Crippen molar-refractivity contribution in [3.63, 3.8) is 0 Å². The van der Waals surface area contributed by atoms with E-state index >= 15 is 0 Å². The van der Waals surface area contributed by atoms with E-state index in [0.717, 1.165) is 41.9 Å². The monoisotopic (exact) mass is 339 g/mol. The van der Waals surface area contributed by atoms with Crippen LogP contribution in [-0.4, -0.2) is 33.9 Å². The van der Waals surface area contributed by atoms with Crippen LogP contribution in [0.5, 0.6) is 0 Å². The minimum Gasteiger partial charge on any atom is -0.358 e. The summed E-state index contributed by atoms with van der Waals surface area (Å²) in [7, 11) is 0. The molecule has 0 atom stereocenters. The number of H-pyrrole nitrogens is 1. The maximum atomic E-state index is 12.5. The molecule has 1 saturated heterocycles. The van der Waals surface area contributed by atoms with Crippen molar-refractivity contribution < 1.29 is 4.79 Å². The van der Waals surface area contributed by atoms with Crippen LogP contribution < -0.4 is 0 Å². The van der Waals surface area contributed by atoms with Crippen molar-refractivity contribution in [2.24, 2.45) is 0 Å². The quantitative estimate of drug-likeness (QED) is 0.759. The van der Waals surface area contributed by atoms with Crippen LogP contribution >= 0.6 is 11.6 Å². The fourth-order valence-electron chi connectivity index (χ4n) is 3.39. The number of nitrogens with one attached hydrogen (secondary N) is 1. The first kappa shape index (κ1) is 15.2. The predicted octanol–water partition coefficient (Wildman–Crippen LogP) is 4.24. The third-order valence-corrected chi connectivity index (χ3v) is 4.94. The Morgan fingerprint density at radius 1 is 1.17 bits per heavy atom. The normalized spacial score (nSPS) is 15.8. The Bertz CT molecular complexity index is 867. The van der Waals surface area contributed by atoms with E-state index in [4.69, 9.17) is 11.6 Å².